The number of nitrogens with one attached hydrogen (secondary N) is 1. The van der Waals surface area contributed by atoms with E-state index in [2.05, 4.69) is 5.32 Å². The molecule has 3 rings (SSSR count). The van der Waals surface area contributed by atoms with E-state index in [9.17, 15) is 14.4 Å². The first-order chi connectivity index (χ1) is 15.7. The van der Waals surface area contributed by atoms with Gasteiger partial charge < -0.3 is 14.8 Å². The molecular formula is C26H28N2O5. The minimum Gasteiger partial charge on any atom is -0.484 e. The van der Waals surface area contributed by atoms with Crippen LogP contribution in [0.15, 0.2) is 65.4 Å². The Kier molecular flexibility index (Phi) is 7.33. The molecule has 1 aliphatic heterocycles. The molecule has 2 aromatic rings. The van der Waals surface area contributed by atoms with Gasteiger partial charge in [0.1, 0.15) is 5.75 Å². The molecule has 0 spiro atoms. The summed E-state index contributed by atoms with van der Waals surface area (Å²) in [7, 11) is 1.29. The molecule has 0 fully saturated rings. The highest BCUT2D eigenvalue weighted by Gasteiger charge is 2.37. The third-order valence-electron chi connectivity index (χ3n) is 5.06. The minimum atomic E-state index is -0.571. The molecule has 0 bridgehead atoms. The number of benzene rings is 2. The fraction of sp³-hybridized carbons (Fsp3) is 0.269. The van der Waals surface area contributed by atoms with E-state index >= 15 is 0 Å². The standard InChI is InChI=1S/C26H28N2O5/c1-16(2)27-23(29)15-33-21-11-9-19(10-12-21)14-22-24(26(31)32-5)18(4)28(25(22)30)20-8-6-7-17(3)13-20/h6-14,16H,15H2,1-5H3,(H,27,29)/b22-14-. The van der Waals surface area contributed by atoms with Gasteiger partial charge in [0.2, 0.25) is 0 Å². The van der Waals surface area contributed by atoms with E-state index in [1.807, 2.05) is 45.0 Å². The molecule has 0 unspecified atom stereocenters. The van der Waals surface area contributed by atoms with Crippen molar-refractivity contribution in [1.82, 2.24) is 5.32 Å². The molecule has 0 aromatic heterocycles. The second-order valence-electron chi connectivity index (χ2n) is 8.07. The Morgan fingerprint density at radius 1 is 1.09 bits per heavy atom. The number of nitrogens with zero attached hydrogens (tertiary/aromatic N) is 1. The fourth-order valence-electron chi connectivity index (χ4n) is 3.60. The van der Waals surface area contributed by atoms with Gasteiger partial charge in [-0.3, -0.25) is 14.5 Å². The lowest BCUT2D eigenvalue weighted by molar-refractivity contribution is -0.136. The topological polar surface area (TPSA) is 84.9 Å². The average Bonchev–Trinajstić information content (AvgIpc) is 3.01. The van der Waals surface area contributed by atoms with Crippen molar-refractivity contribution in [2.45, 2.75) is 33.7 Å². The lowest BCUT2D eigenvalue weighted by atomic mass is 10.0. The summed E-state index contributed by atoms with van der Waals surface area (Å²) in [6.07, 6.45) is 1.66. The van der Waals surface area contributed by atoms with E-state index in [-0.39, 0.29) is 35.6 Å². The lowest BCUT2D eigenvalue weighted by Crippen LogP contribution is -2.34. The average molecular weight is 449 g/mol. The molecule has 0 atom stereocenters. The SMILES string of the molecule is COC(=O)C1=C(C)N(c2cccc(C)c2)C(=O)/C1=C\c1ccc(OCC(=O)NC(C)C)cc1. The number of hydrogen-bond acceptors (Lipinski definition) is 5. The predicted octanol–water partition coefficient (Wildman–Crippen LogP) is 3.78. The Labute approximate surface area is 193 Å². The molecule has 0 saturated heterocycles. The van der Waals surface area contributed by atoms with Crippen LogP contribution >= 0.6 is 0 Å². The number of carbonyl (C=O) groups is 3. The number of amides is 2. The lowest BCUT2D eigenvalue weighted by Gasteiger charge is -2.18. The molecule has 1 heterocycles. The maximum atomic E-state index is 13.3. The number of ether oxygens (including phenoxy) is 2. The third-order valence-corrected chi connectivity index (χ3v) is 5.06. The summed E-state index contributed by atoms with van der Waals surface area (Å²) in [5, 5.41) is 2.76. The summed E-state index contributed by atoms with van der Waals surface area (Å²) < 4.78 is 10.5. The summed E-state index contributed by atoms with van der Waals surface area (Å²) >= 11 is 0. The molecule has 0 radical (unpaired) electrons. The second kappa shape index (κ2) is 10.2. The summed E-state index contributed by atoms with van der Waals surface area (Å²) in [6.45, 7) is 7.34. The molecule has 1 aliphatic rings. The van der Waals surface area contributed by atoms with Crippen LogP contribution in [0.5, 0.6) is 5.75 Å². The van der Waals surface area contributed by atoms with E-state index in [1.54, 1.807) is 37.3 Å². The van der Waals surface area contributed by atoms with E-state index in [4.69, 9.17) is 9.47 Å². The Morgan fingerprint density at radius 3 is 2.39 bits per heavy atom. The summed E-state index contributed by atoms with van der Waals surface area (Å²) in [5.74, 6) is -0.551. The van der Waals surface area contributed by atoms with Crippen LogP contribution in [-0.4, -0.2) is 37.5 Å². The van der Waals surface area contributed by atoms with E-state index in [1.165, 1.54) is 12.0 Å². The maximum Gasteiger partial charge on any atom is 0.340 e. The number of esters is 1. The second-order valence-corrected chi connectivity index (χ2v) is 8.07. The van der Waals surface area contributed by atoms with Crippen LogP contribution in [-0.2, 0) is 19.1 Å². The van der Waals surface area contributed by atoms with Crippen molar-refractivity contribution >= 4 is 29.5 Å². The largest absolute Gasteiger partial charge is 0.484 e. The molecule has 1 N–H and O–H groups in total. The molecule has 33 heavy (non-hydrogen) atoms. The smallest absolute Gasteiger partial charge is 0.340 e. The quantitative estimate of drug-likeness (QED) is 0.515. The van der Waals surface area contributed by atoms with Crippen LogP contribution in [0.4, 0.5) is 5.69 Å². The zero-order valence-corrected chi connectivity index (χ0v) is 19.5. The number of carbonyl (C=O) groups excluding carboxylic acids is 3. The van der Waals surface area contributed by atoms with E-state index in [0.717, 1.165) is 5.56 Å². The molecular weight excluding hydrogens is 420 g/mol. The van der Waals surface area contributed by atoms with Crippen LogP contribution in [0.1, 0.15) is 31.9 Å². The fourth-order valence-corrected chi connectivity index (χ4v) is 3.60. The molecule has 172 valence electrons. The van der Waals surface area contributed by atoms with Crippen LogP contribution in [0.2, 0.25) is 0 Å². The summed E-state index contributed by atoms with van der Waals surface area (Å²) in [6, 6.07) is 14.5. The third kappa shape index (κ3) is 5.49. The van der Waals surface area contributed by atoms with Crippen molar-refractivity contribution in [1.29, 1.82) is 0 Å². The molecule has 0 aliphatic carbocycles. The Balaban J connectivity index is 1.87. The van der Waals surface area contributed by atoms with Gasteiger partial charge in [-0.05, 0) is 69.2 Å². The van der Waals surface area contributed by atoms with Crippen molar-refractivity contribution in [2.75, 3.05) is 18.6 Å². The summed E-state index contributed by atoms with van der Waals surface area (Å²) in [4.78, 5) is 39.1. The van der Waals surface area contributed by atoms with Gasteiger partial charge in [-0.15, -0.1) is 0 Å². The minimum absolute atomic E-state index is 0.0407. The first-order valence-corrected chi connectivity index (χ1v) is 10.7. The number of rotatable bonds is 7. The van der Waals surface area contributed by atoms with Crippen molar-refractivity contribution in [3.63, 3.8) is 0 Å². The normalized spacial score (nSPS) is 14.8. The van der Waals surface area contributed by atoms with Crippen molar-refractivity contribution in [3.8, 4) is 5.75 Å². The van der Waals surface area contributed by atoms with Crippen molar-refractivity contribution in [2.24, 2.45) is 0 Å². The van der Waals surface area contributed by atoms with E-state index < -0.39 is 5.97 Å². The Morgan fingerprint density at radius 2 is 1.79 bits per heavy atom. The monoisotopic (exact) mass is 448 g/mol. The van der Waals surface area contributed by atoms with Gasteiger partial charge in [0.15, 0.2) is 6.61 Å². The number of hydrogen-bond donors (Lipinski definition) is 1. The molecule has 0 saturated carbocycles. The van der Waals surface area contributed by atoms with Gasteiger partial charge in [0.25, 0.3) is 11.8 Å². The molecule has 2 aromatic carbocycles. The van der Waals surface area contributed by atoms with E-state index in [0.29, 0.717) is 22.7 Å². The predicted molar refractivity (Wildman–Crippen MR) is 127 cm³/mol. The van der Waals surface area contributed by atoms with Crippen LogP contribution in [0.3, 0.4) is 0 Å². The molecule has 7 nitrogen and oxygen atoms in total. The number of allylic oxidation sites excluding steroid dienone is 1. The van der Waals surface area contributed by atoms with Gasteiger partial charge >= 0.3 is 5.97 Å². The molecule has 7 heteroatoms. The van der Waals surface area contributed by atoms with Gasteiger partial charge in [0, 0.05) is 17.4 Å². The molecule has 2 amide bonds. The highest BCUT2D eigenvalue weighted by Crippen LogP contribution is 2.35. The van der Waals surface area contributed by atoms with Crippen LogP contribution in [0, 0.1) is 6.92 Å². The zero-order chi connectivity index (χ0) is 24.1. The Bertz CT molecular complexity index is 1130. The zero-order valence-electron chi connectivity index (χ0n) is 19.5. The van der Waals surface area contributed by atoms with Crippen molar-refractivity contribution in [3.05, 3.63) is 76.5 Å². The van der Waals surface area contributed by atoms with Crippen LogP contribution < -0.4 is 15.0 Å². The number of methoxy groups -OCH3 is 1. The maximum absolute atomic E-state index is 13.3. The van der Waals surface area contributed by atoms with Crippen molar-refractivity contribution < 1.29 is 23.9 Å². The van der Waals surface area contributed by atoms with Crippen LogP contribution in [0.25, 0.3) is 6.08 Å². The number of anilines is 1. The first-order valence-electron chi connectivity index (χ1n) is 10.7. The highest BCUT2D eigenvalue weighted by molar-refractivity contribution is 6.23. The number of aryl methyl sites for hydroxylation is 1. The van der Waals surface area contributed by atoms with Gasteiger partial charge in [0.05, 0.1) is 18.3 Å². The van der Waals surface area contributed by atoms with Gasteiger partial charge in [-0.2, -0.15) is 0 Å². The highest BCUT2D eigenvalue weighted by atomic mass is 16.5. The first kappa shape index (κ1) is 23.8. The summed E-state index contributed by atoms with van der Waals surface area (Å²) in [5.41, 5.74) is 3.39. The van der Waals surface area contributed by atoms with Gasteiger partial charge in [-0.25, -0.2) is 4.79 Å². The van der Waals surface area contributed by atoms with Gasteiger partial charge in [-0.1, -0.05) is 24.3 Å². The Hall–Kier alpha value is -3.87.